The molecule has 1 aliphatic heterocycles. The van der Waals surface area contributed by atoms with Gasteiger partial charge in [-0.25, -0.2) is 0 Å². The largest absolute Gasteiger partial charge is 0.382 e. The molecule has 1 nitrogen and oxygen atoms in total. The molecule has 1 aromatic rings. The fourth-order valence-electron chi connectivity index (χ4n) is 2.94. The first-order valence-electron chi connectivity index (χ1n) is 6.76. The number of aryl methyl sites for hydroxylation is 1. The summed E-state index contributed by atoms with van der Waals surface area (Å²) < 4.78 is 0. The predicted molar refractivity (Wildman–Crippen MR) is 68.7 cm³/mol. The van der Waals surface area contributed by atoms with Gasteiger partial charge in [0.25, 0.3) is 0 Å². The molecule has 1 N–H and O–H groups in total. The zero-order valence-corrected chi connectivity index (χ0v) is 9.91. The van der Waals surface area contributed by atoms with Crippen LogP contribution in [-0.2, 0) is 6.42 Å². The van der Waals surface area contributed by atoms with Crippen LogP contribution < -0.4 is 5.32 Å². The number of rotatable bonds is 3. The standard InChI is InChI=1S/C15H21N/c1-2-7-15-13(6-1)9-11-14(16-15)10-8-12-4-3-5-12/h1-2,6-7,12,14,16H,3-5,8-11H2. The minimum absolute atomic E-state index is 0.732. The highest BCUT2D eigenvalue weighted by atomic mass is 14.9. The molecule has 3 rings (SSSR count). The molecule has 16 heavy (non-hydrogen) atoms. The van der Waals surface area contributed by atoms with E-state index in [9.17, 15) is 0 Å². The van der Waals surface area contributed by atoms with Crippen LogP contribution in [0.4, 0.5) is 5.69 Å². The molecule has 0 bridgehead atoms. The normalized spacial score (nSPS) is 24.4. The number of benzene rings is 1. The Labute approximate surface area is 98.3 Å². The predicted octanol–water partition coefficient (Wildman–Crippen LogP) is 3.99. The molecule has 1 heteroatoms. The number of hydrogen-bond donors (Lipinski definition) is 1. The molecule has 0 radical (unpaired) electrons. The quantitative estimate of drug-likeness (QED) is 0.803. The number of fused-ring (bicyclic) bond motifs is 1. The Bertz CT molecular complexity index is 354. The third-order valence-corrected chi connectivity index (χ3v) is 4.29. The van der Waals surface area contributed by atoms with Crippen LogP contribution in [0.15, 0.2) is 24.3 Å². The lowest BCUT2D eigenvalue weighted by molar-refractivity contribution is 0.282. The third-order valence-electron chi connectivity index (χ3n) is 4.29. The maximum Gasteiger partial charge on any atom is 0.0374 e. The Morgan fingerprint density at radius 2 is 1.94 bits per heavy atom. The molecule has 2 aliphatic rings. The van der Waals surface area contributed by atoms with Gasteiger partial charge in [-0.05, 0) is 43.2 Å². The Balaban J connectivity index is 1.55. The highest BCUT2D eigenvalue weighted by molar-refractivity contribution is 5.53. The molecule has 1 heterocycles. The number of para-hydroxylation sites is 1. The summed E-state index contributed by atoms with van der Waals surface area (Å²) in [6.07, 6.45) is 9.86. The van der Waals surface area contributed by atoms with E-state index in [1.807, 2.05) is 0 Å². The zero-order chi connectivity index (χ0) is 10.8. The summed E-state index contributed by atoms with van der Waals surface area (Å²) in [7, 11) is 0. The molecular weight excluding hydrogens is 194 g/mol. The molecule has 1 aromatic carbocycles. The van der Waals surface area contributed by atoms with Crippen molar-refractivity contribution >= 4 is 5.69 Å². The summed E-state index contributed by atoms with van der Waals surface area (Å²) in [5, 5.41) is 3.70. The molecule has 0 spiro atoms. The van der Waals surface area contributed by atoms with Gasteiger partial charge in [-0.1, -0.05) is 37.5 Å². The summed E-state index contributed by atoms with van der Waals surface area (Å²) in [5.74, 6) is 1.05. The summed E-state index contributed by atoms with van der Waals surface area (Å²) in [4.78, 5) is 0. The highest BCUT2D eigenvalue weighted by Gasteiger charge is 2.21. The van der Waals surface area contributed by atoms with Crippen LogP contribution in [0.3, 0.4) is 0 Å². The van der Waals surface area contributed by atoms with Gasteiger partial charge in [-0.2, -0.15) is 0 Å². The van der Waals surface area contributed by atoms with E-state index in [0.29, 0.717) is 0 Å². The molecule has 1 saturated carbocycles. The maximum absolute atomic E-state index is 3.70. The van der Waals surface area contributed by atoms with Crippen molar-refractivity contribution in [2.45, 2.75) is 51.0 Å². The lowest BCUT2D eigenvalue weighted by Crippen LogP contribution is -2.26. The van der Waals surface area contributed by atoms with E-state index in [1.54, 1.807) is 0 Å². The monoisotopic (exact) mass is 215 g/mol. The van der Waals surface area contributed by atoms with Crippen molar-refractivity contribution in [3.05, 3.63) is 29.8 Å². The second-order valence-electron chi connectivity index (χ2n) is 5.41. The fourth-order valence-corrected chi connectivity index (χ4v) is 2.94. The van der Waals surface area contributed by atoms with E-state index < -0.39 is 0 Å². The SMILES string of the molecule is c1ccc2c(c1)CCC(CCC1CCC1)N2. The van der Waals surface area contributed by atoms with Crippen LogP contribution in [0.5, 0.6) is 0 Å². The minimum Gasteiger partial charge on any atom is -0.382 e. The summed E-state index contributed by atoms with van der Waals surface area (Å²) >= 11 is 0. The van der Waals surface area contributed by atoms with Crippen molar-refractivity contribution in [1.82, 2.24) is 0 Å². The van der Waals surface area contributed by atoms with Gasteiger partial charge >= 0.3 is 0 Å². The number of hydrogen-bond acceptors (Lipinski definition) is 1. The summed E-state index contributed by atoms with van der Waals surface area (Å²) in [6.45, 7) is 0. The van der Waals surface area contributed by atoms with Gasteiger partial charge in [0, 0.05) is 11.7 Å². The van der Waals surface area contributed by atoms with E-state index in [-0.39, 0.29) is 0 Å². The topological polar surface area (TPSA) is 12.0 Å². The average Bonchev–Trinajstić information content (AvgIpc) is 2.27. The molecule has 1 fully saturated rings. The molecular formula is C15H21N. The van der Waals surface area contributed by atoms with Crippen molar-refractivity contribution < 1.29 is 0 Å². The van der Waals surface area contributed by atoms with Gasteiger partial charge in [-0.3, -0.25) is 0 Å². The van der Waals surface area contributed by atoms with Crippen LogP contribution in [-0.4, -0.2) is 6.04 Å². The molecule has 0 amide bonds. The third kappa shape index (κ3) is 2.09. The van der Waals surface area contributed by atoms with Crippen LogP contribution in [0.2, 0.25) is 0 Å². The first kappa shape index (κ1) is 10.2. The molecule has 86 valence electrons. The molecule has 0 aromatic heterocycles. The molecule has 0 saturated heterocycles. The van der Waals surface area contributed by atoms with Gasteiger partial charge in [0.05, 0.1) is 0 Å². The van der Waals surface area contributed by atoms with Crippen molar-refractivity contribution in [2.75, 3.05) is 5.32 Å². The van der Waals surface area contributed by atoms with Gasteiger partial charge in [0.15, 0.2) is 0 Å². The zero-order valence-electron chi connectivity index (χ0n) is 9.91. The van der Waals surface area contributed by atoms with Crippen LogP contribution >= 0.6 is 0 Å². The molecule has 1 unspecified atom stereocenters. The van der Waals surface area contributed by atoms with E-state index >= 15 is 0 Å². The Kier molecular flexibility index (Phi) is 2.86. The first-order chi connectivity index (χ1) is 7.92. The second-order valence-corrected chi connectivity index (χ2v) is 5.41. The number of nitrogens with one attached hydrogen (secondary N) is 1. The van der Waals surface area contributed by atoms with Gasteiger partial charge in [0.2, 0.25) is 0 Å². The fraction of sp³-hybridized carbons (Fsp3) is 0.600. The lowest BCUT2D eigenvalue weighted by atomic mass is 9.80. The highest BCUT2D eigenvalue weighted by Crippen LogP contribution is 2.33. The Morgan fingerprint density at radius 1 is 1.06 bits per heavy atom. The van der Waals surface area contributed by atoms with Crippen LogP contribution in [0, 0.1) is 5.92 Å². The molecule has 1 atom stereocenters. The van der Waals surface area contributed by atoms with E-state index in [0.717, 1.165) is 12.0 Å². The average molecular weight is 215 g/mol. The second kappa shape index (κ2) is 4.48. The van der Waals surface area contributed by atoms with Gasteiger partial charge in [0.1, 0.15) is 0 Å². The Hall–Kier alpha value is -0.980. The maximum atomic E-state index is 3.70. The lowest BCUT2D eigenvalue weighted by Gasteiger charge is -2.31. The first-order valence-corrected chi connectivity index (χ1v) is 6.76. The van der Waals surface area contributed by atoms with Crippen molar-refractivity contribution in [3.8, 4) is 0 Å². The van der Waals surface area contributed by atoms with E-state index in [1.165, 1.54) is 56.2 Å². The van der Waals surface area contributed by atoms with E-state index in [4.69, 9.17) is 0 Å². The smallest absolute Gasteiger partial charge is 0.0374 e. The van der Waals surface area contributed by atoms with Crippen molar-refractivity contribution in [3.63, 3.8) is 0 Å². The summed E-state index contributed by atoms with van der Waals surface area (Å²) in [6, 6.07) is 9.50. The van der Waals surface area contributed by atoms with Gasteiger partial charge < -0.3 is 5.32 Å². The van der Waals surface area contributed by atoms with Crippen LogP contribution in [0.25, 0.3) is 0 Å². The van der Waals surface area contributed by atoms with Crippen LogP contribution in [0.1, 0.15) is 44.1 Å². The van der Waals surface area contributed by atoms with Crippen molar-refractivity contribution in [2.24, 2.45) is 5.92 Å². The minimum atomic E-state index is 0.732. The molecule has 1 aliphatic carbocycles. The van der Waals surface area contributed by atoms with Gasteiger partial charge in [-0.15, -0.1) is 0 Å². The van der Waals surface area contributed by atoms with E-state index in [2.05, 4.69) is 29.6 Å². The van der Waals surface area contributed by atoms with Crippen molar-refractivity contribution in [1.29, 1.82) is 0 Å². The number of anilines is 1. The summed E-state index contributed by atoms with van der Waals surface area (Å²) in [5.41, 5.74) is 2.88. The Morgan fingerprint density at radius 3 is 2.75 bits per heavy atom.